The number of piperidine rings is 1. The smallest absolute Gasteiger partial charge is 0.333 e. The van der Waals surface area contributed by atoms with E-state index in [9.17, 15) is 4.79 Å². The maximum Gasteiger partial charge on any atom is 0.338 e. The Morgan fingerprint density at radius 3 is 2.21 bits per heavy atom. The van der Waals surface area contributed by atoms with Crippen molar-refractivity contribution in [3.63, 3.8) is 0 Å². The first-order valence-electron chi connectivity index (χ1n) is 10.0. The van der Waals surface area contributed by atoms with Crippen molar-refractivity contribution in [1.29, 1.82) is 0 Å². The normalized spacial score (nSPS) is 20.0. The average molecular weight is 396 g/mol. The van der Waals surface area contributed by atoms with E-state index in [0.29, 0.717) is 6.54 Å². The summed E-state index contributed by atoms with van der Waals surface area (Å²) in [5.74, 6) is 0. The third kappa shape index (κ3) is 5.19. The summed E-state index contributed by atoms with van der Waals surface area (Å²) in [6, 6.07) is 8.00. The lowest BCUT2D eigenvalue weighted by molar-refractivity contribution is 0.0901. The average Bonchev–Trinajstić information content (AvgIpc) is 2.74. The van der Waals surface area contributed by atoms with Crippen molar-refractivity contribution in [1.82, 2.24) is 25.7 Å². The Morgan fingerprint density at radius 1 is 1.10 bits per heavy atom. The van der Waals surface area contributed by atoms with Crippen LogP contribution < -0.4 is 10.8 Å². The second-order valence-electron chi connectivity index (χ2n) is 7.36. The van der Waals surface area contributed by atoms with Gasteiger partial charge < -0.3 is 5.32 Å². The number of nitrogens with one attached hydrogen (secondary N) is 2. The van der Waals surface area contributed by atoms with Gasteiger partial charge in [0.05, 0.1) is 23.5 Å². The van der Waals surface area contributed by atoms with Crippen molar-refractivity contribution in [2.75, 3.05) is 13.1 Å². The lowest BCUT2D eigenvalue weighted by Crippen LogP contribution is -2.38. The zero-order valence-corrected chi connectivity index (χ0v) is 17.0. The molecule has 0 saturated carbocycles. The quantitative estimate of drug-likeness (QED) is 0.395. The molecule has 0 radical (unpaired) electrons. The first kappa shape index (κ1) is 21.0. The summed E-state index contributed by atoms with van der Waals surface area (Å²) >= 11 is 0. The van der Waals surface area contributed by atoms with Gasteiger partial charge in [0, 0.05) is 25.5 Å². The van der Waals surface area contributed by atoms with Gasteiger partial charge in [-0.25, -0.2) is 10.3 Å². The summed E-state index contributed by atoms with van der Waals surface area (Å²) in [4.78, 5) is 23.0. The molecule has 2 atom stereocenters. The van der Waals surface area contributed by atoms with Gasteiger partial charge in [0.25, 0.3) is 0 Å². The number of hydroxylamine groups is 1. The molecule has 0 spiro atoms. The zero-order valence-electron chi connectivity index (χ0n) is 17.0. The molecule has 0 bridgehead atoms. The van der Waals surface area contributed by atoms with Crippen LogP contribution in [0.1, 0.15) is 53.9 Å². The highest BCUT2D eigenvalue weighted by Gasteiger charge is 2.34. The Kier molecular flexibility index (Phi) is 7.32. The van der Waals surface area contributed by atoms with E-state index in [1.807, 2.05) is 30.6 Å². The van der Waals surface area contributed by atoms with Crippen LogP contribution in [0.2, 0.25) is 0 Å². The molecule has 1 saturated heterocycles. The minimum atomic E-state index is -0.614. The van der Waals surface area contributed by atoms with E-state index < -0.39 is 6.03 Å². The van der Waals surface area contributed by atoms with Crippen LogP contribution in [0.5, 0.6) is 0 Å². The number of amides is 2. The molecule has 1 aliphatic heterocycles. The number of carbonyl (C=O) groups is 1. The molecule has 0 unspecified atom stereocenters. The number of hydrogen-bond donors (Lipinski definition) is 3. The summed E-state index contributed by atoms with van der Waals surface area (Å²) in [7, 11) is 0. The number of nitrogens with zero attached hydrogens (tertiary/aromatic N) is 3. The molecule has 3 N–H and O–H groups in total. The van der Waals surface area contributed by atoms with Crippen LogP contribution in [0, 0.1) is 13.8 Å². The van der Waals surface area contributed by atoms with Gasteiger partial charge in [-0.05, 0) is 56.4 Å². The predicted molar refractivity (Wildman–Crippen MR) is 111 cm³/mol. The van der Waals surface area contributed by atoms with E-state index in [4.69, 9.17) is 15.2 Å². The standard InChI is InChI=1S/C22H29N5O2/c1-16-8-6-13-23-20(16)18-10-5-11-19(21-17(2)9-7-14-24-21)27(18)15-4-3-12-25-22(28)26-29/h3-4,6-9,13-14,18-19,29H,5,10-12,15H2,1-2H3,(H2,25,26,28)/b4-3-/t18-,19+. The van der Waals surface area contributed by atoms with Gasteiger partial charge >= 0.3 is 6.03 Å². The minimum Gasteiger partial charge on any atom is -0.333 e. The molecule has 2 aromatic heterocycles. The third-order valence-electron chi connectivity index (χ3n) is 5.45. The van der Waals surface area contributed by atoms with E-state index >= 15 is 0 Å². The highest BCUT2D eigenvalue weighted by atomic mass is 16.5. The van der Waals surface area contributed by atoms with Crippen LogP contribution in [-0.4, -0.2) is 39.2 Å². The van der Waals surface area contributed by atoms with Gasteiger partial charge in [0.15, 0.2) is 0 Å². The largest absolute Gasteiger partial charge is 0.338 e. The van der Waals surface area contributed by atoms with Gasteiger partial charge in [-0.1, -0.05) is 24.3 Å². The fraction of sp³-hybridized carbons (Fsp3) is 0.409. The van der Waals surface area contributed by atoms with E-state index in [0.717, 1.165) is 37.2 Å². The molecule has 1 fully saturated rings. The number of rotatable bonds is 6. The molecule has 154 valence electrons. The van der Waals surface area contributed by atoms with Crippen molar-refractivity contribution in [3.8, 4) is 0 Å². The van der Waals surface area contributed by atoms with E-state index in [2.05, 4.69) is 42.3 Å². The van der Waals surface area contributed by atoms with Crippen LogP contribution in [0.15, 0.2) is 48.8 Å². The van der Waals surface area contributed by atoms with E-state index in [-0.39, 0.29) is 12.1 Å². The maximum absolute atomic E-state index is 11.1. The highest BCUT2D eigenvalue weighted by Crippen LogP contribution is 2.41. The maximum atomic E-state index is 11.1. The van der Waals surface area contributed by atoms with Crippen molar-refractivity contribution in [2.45, 2.75) is 45.2 Å². The van der Waals surface area contributed by atoms with E-state index in [1.165, 1.54) is 11.1 Å². The van der Waals surface area contributed by atoms with Crippen LogP contribution in [0.4, 0.5) is 4.79 Å². The second-order valence-corrected chi connectivity index (χ2v) is 7.36. The highest BCUT2D eigenvalue weighted by molar-refractivity contribution is 5.72. The number of likely N-dealkylation sites (tertiary alicyclic amines) is 1. The predicted octanol–water partition coefficient (Wildman–Crippen LogP) is 3.61. The lowest BCUT2D eigenvalue weighted by atomic mass is 9.89. The minimum absolute atomic E-state index is 0.217. The lowest BCUT2D eigenvalue weighted by Gasteiger charge is -2.42. The molecule has 29 heavy (non-hydrogen) atoms. The molecule has 1 aliphatic rings. The molecule has 3 heterocycles. The van der Waals surface area contributed by atoms with Crippen LogP contribution in [0.25, 0.3) is 0 Å². The van der Waals surface area contributed by atoms with E-state index in [1.54, 1.807) is 5.48 Å². The number of aromatic nitrogens is 2. The Labute approximate surface area is 171 Å². The van der Waals surface area contributed by atoms with Crippen molar-refractivity contribution in [2.24, 2.45) is 0 Å². The molecular weight excluding hydrogens is 366 g/mol. The molecule has 0 aromatic carbocycles. The van der Waals surface area contributed by atoms with Crippen molar-refractivity contribution >= 4 is 6.03 Å². The third-order valence-corrected chi connectivity index (χ3v) is 5.45. The number of hydrogen-bond acceptors (Lipinski definition) is 5. The van der Waals surface area contributed by atoms with Gasteiger partial charge in [-0.15, -0.1) is 0 Å². The molecule has 2 aromatic rings. The first-order chi connectivity index (χ1) is 14.1. The SMILES string of the molecule is Cc1cccnc1[C@H]1CCC[C@@H](c2ncccc2C)N1C/C=C\CNC(=O)NO. The molecule has 2 amide bonds. The van der Waals surface area contributed by atoms with Crippen LogP contribution >= 0.6 is 0 Å². The Balaban J connectivity index is 1.85. The number of urea groups is 1. The summed E-state index contributed by atoms with van der Waals surface area (Å²) in [5.41, 5.74) is 6.21. The number of carbonyl (C=O) groups excluding carboxylic acids is 1. The Morgan fingerprint density at radius 2 is 1.69 bits per heavy atom. The number of pyridine rings is 2. The van der Waals surface area contributed by atoms with Crippen molar-refractivity contribution < 1.29 is 10.0 Å². The summed E-state index contributed by atoms with van der Waals surface area (Å²) < 4.78 is 0. The summed E-state index contributed by atoms with van der Waals surface area (Å²) in [6.45, 7) is 5.30. The van der Waals surface area contributed by atoms with Gasteiger partial charge in [0.2, 0.25) is 0 Å². The molecule has 3 rings (SSSR count). The molecule has 7 nitrogen and oxygen atoms in total. The summed E-state index contributed by atoms with van der Waals surface area (Å²) in [6.07, 6.45) is 10.9. The van der Waals surface area contributed by atoms with Crippen LogP contribution in [0.3, 0.4) is 0 Å². The van der Waals surface area contributed by atoms with Gasteiger partial charge in [-0.2, -0.15) is 0 Å². The Hall–Kier alpha value is -2.77. The van der Waals surface area contributed by atoms with Gasteiger partial charge in [0.1, 0.15) is 0 Å². The monoisotopic (exact) mass is 395 g/mol. The topological polar surface area (TPSA) is 90.4 Å². The molecule has 0 aliphatic carbocycles. The molecular formula is C22H29N5O2. The molecule has 7 heteroatoms. The van der Waals surface area contributed by atoms with Crippen molar-refractivity contribution in [3.05, 3.63) is 71.3 Å². The Bertz CT molecular complexity index is 801. The second kappa shape index (κ2) is 10.1. The fourth-order valence-electron chi connectivity index (χ4n) is 4.06. The zero-order chi connectivity index (χ0) is 20.6. The van der Waals surface area contributed by atoms with Gasteiger partial charge in [-0.3, -0.25) is 20.1 Å². The summed E-state index contributed by atoms with van der Waals surface area (Å²) in [5, 5.41) is 11.1. The van der Waals surface area contributed by atoms with Crippen LogP contribution in [-0.2, 0) is 0 Å². The number of aryl methyl sites for hydroxylation is 2. The fourth-order valence-corrected chi connectivity index (χ4v) is 4.06. The first-order valence-corrected chi connectivity index (χ1v) is 10.0.